The van der Waals surface area contributed by atoms with Gasteiger partial charge in [-0.05, 0) is 42.8 Å². The van der Waals surface area contributed by atoms with Gasteiger partial charge in [-0.1, -0.05) is 54.2 Å². The Balaban J connectivity index is 1.59. The summed E-state index contributed by atoms with van der Waals surface area (Å²) in [6.07, 6.45) is 0. The highest BCUT2D eigenvalue weighted by Crippen LogP contribution is 2.27. The third-order valence-corrected chi connectivity index (χ3v) is 6.56. The topological polar surface area (TPSA) is 69.3 Å². The van der Waals surface area contributed by atoms with Crippen LogP contribution in [-0.2, 0) is 6.54 Å². The molecule has 34 heavy (non-hydrogen) atoms. The van der Waals surface area contributed by atoms with Gasteiger partial charge in [0.1, 0.15) is 0 Å². The molecule has 170 valence electrons. The molecule has 5 aromatic rings. The summed E-state index contributed by atoms with van der Waals surface area (Å²) in [4.78, 5) is 26.2. The zero-order valence-corrected chi connectivity index (χ0v) is 18.8. The largest absolute Gasteiger partial charge is 0.293 e. The standard InChI is InChI=1S/C25H18F2N4O2S/c1-15(22(32)17-11-12-19(26)20(27)13-17)34-25-29-28-24-30(14-16-7-3-2-4-8-16)23(33)18-9-5-6-10-21(18)31(24)25/h2-13,15H,14H2,1H3. The lowest BCUT2D eigenvalue weighted by Crippen LogP contribution is -2.24. The van der Waals surface area contributed by atoms with Crippen LogP contribution in [-0.4, -0.2) is 30.2 Å². The van der Waals surface area contributed by atoms with Gasteiger partial charge >= 0.3 is 0 Å². The quantitative estimate of drug-likeness (QED) is 0.262. The zero-order valence-electron chi connectivity index (χ0n) is 18.0. The number of benzene rings is 3. The Labute approximate surface area is 196 Å². The maximum absolute atomic E-state index is 13.6. The highest BCUT2D eigenvalue weighted by molar-refractivity contribution is 8.00. The summed E-state index contributed by atoms with van der Waals surface area (Å²) in [6.45, 7) is 1.97. The van der Waals surface area contributed by atoms with E-state index in [1.807, 2.05) is 36.4 Å². The van der Waals surface area contributed by atoms with E-state index < -0.39 is 16.9 Å². The molecule has 0 fully saturated rings. The van der Waals surface area contributed by atoms with E-state index in [4.69, 9.17) is 0 Å². The minimum atomic E-state index is -1.08. The summed E-state index contributed by atoms with van der Waals surface area (Å²) in [7, 11) is 0. The van der Waals surface area contributed by atoms with Gasteiger partial charge in [0.2, 0.25) is 5.78 Å². The summed E-state index contributed by atoms with van der Waals surface area (Å²) in [5.74, 6) is -2.11. The van der Waals surface area contributed by atoms with Crippen LogP contribution in [0.3, 0.4) is 0 Å². The maximum atomic E-state index is 13.6. The van der Waals surface area contributed by atoms with Gasteiger partial charge in [0.15, 0.2) is 22.6 Å². The normalized spacial score (nSPS) is 12.3. The van der Waals surface area contributed by atoms with Crippen molar-refractivity contribution in [3.8, 4) is 0 Å². The molecule has 0 saturated heterocycles. The molecule has 0 N–H and O–H groups in total. The van der Waals surface area contributed by atoms with Gasteiger partial charge in [-0.2, -0.15) is 0 Å². The van der Waals surface area contributed by atoms with E-state index in [2.05, 4.69) is 10.2 Å². The Kier molecular flexibility index (Phi) is 5.70. The molecule has 0 aliphatic rings. The van der Waals surface area contributed by atoms with Crippen molar-refractivity contribution in [1.82, 2.24) is 19.2 Å². The second-order valence-corrected chi connectivity index (χ2v) is 9.07. The number of hydrogen-bond donors (Lipinski definition) is 0. The van der Waals surface area contributed by atoms with Crippen LogP contribution >= 0.6 is 11.8 Å². The van der Waals surface area contributed by atoms with Crippen LogP contribution < -0.4 is 5.56 Å². The summed E-state index contributed by atoms with van der Waals surface area (Å²) in [6, 6.07) is 19.8. The second-order valence-electron chi connectivity index (χ2n) is 7.77. The lowest BCUT2D eigenvalue weighted by Gasteiger charge is -2.13. The summed E-state index contributed by atoms with van der Waals surface area (Å²) >= 11 is 1.14. The Bertz CT molecular complexity index is 1600. The molecular formula is C25H18F2N4O2S. The highest BCUT2D eigenvalue weighted by atomic mass is 32.2. The number of hydrogen-bond acceptors (Lipinski definition) is 5. The van der Waals surface area contributed by atoms with Crippen molar-refractivity contribution in [2.45, 2.75) is 23.9 Å². The number of nitrogens with zero attached hydrogens (tertiary/aromatic N) is 4. The Morgan fingerprint density at radius 3 is 2.47 bits per heavy atom. The molecule has 0 aliphatic carbocycles. The molecule has 6 nitrogen and oxygen atoms in total. The number of para-hydroxylation sites is 1. The van der Waals surface area contributed by atoms with Gasteiger partial charge < -0.3 is 0 Å². The van der Waals surface area contributed by atoms with Gasteiger partial charge in [0, 0.05) is 5.56 Å². The van der Waals surface area contributed by atoms with E-state index >= 15 is 0 Å². The van der Waals surface area contributed by atoms with Crippen LogP contribution in [0.4, 0.5) is 8.78 Å². The van der Waals surface area contributed by atoms with Crippen LogP contribution in [0.2, 0.25) is 0 Å². The molecule has 0 aliphatic heterocycles. The van der Waals surface area contributed by atoms with Crippen molar-refractivity contribution >= 4 is 34.2 Å². The number of carbonyl (C=O) groups excluding carboxylic acids is 1. The number of thioether (sulfide) groups is 1. The zero-order chi connectivity index (χ0) is 23.8. The molecule has 1 atom stereocenters. The van der Waals surface area contributed by atoms with E-state index in [1.54, 1.807) is 34.1 Å². The molecule has 0 saturated carbocycles. The molecule has 5 rings (SSSR count). The number of ketones is 1. The van der Waals surface area contributed by atoms with Crippen molar-refractivity contribution in [2.75, 3.05) is 0 Å². The first-order valence-corrected chi connectivity index (χ1v) is 11.4. The number of carbonyl (C=O) groups is 1. The fourth-order valence-corrected chi connectivity index (χ4v) is 4.75. The number of aromatic nitrogens is 4. The lowest BCUT2D eigenvalue weighted by molar-refractivity contribution is 0.0993. The van der Waals surface area contributed by atoms with Crippen molar-refractivity contribution in [3.63, 3.8) is 0 Å². The van der Waals surface area contributed by atoms with E-state index in [0.29, 0.717) is 28.4 Å². The average Bonchev–Trinajstić information content (AvgIpc) is 3.27. The lowest BCUT2D eigenvalue weighted by atomic mass is 10.1. The van der Waals surface area contributed by atoms with Crippen LogP contribution in [0.1, 0.15) is 22.8 Å². The van der Waals surface area contributed by atoms with Crippen molar-refractivity contribution in [3.05, 3.63) is 106 Å². The number of rotatable bonds is 6. The minimum Gasteiger partial charge on any atom is -0.293 e. The molecule has 0 amide bonds. The number of halogens is 2. The average molecular weight is 477 g/mol. The first kappa shape index (κ1) is 22.0. The predicted octanol–water partition coefficient (Wildman–Crippen LogP) is 4.73. The molecule has 3 aromatic carbocycles. The second kappa shape index (κ2) is 8.83. The van der Waals surface area contributed by atoms with E-state index in [-0.39, 0.29) is 16.9 Å². The van der Waals surface area contributed by atoms with Crippen molar-refractivity contribution in [2.24, 2.45) is 0 Å². The fourth-order valence-electron chi connectivity index (χ4n) is 3.81. The third-order valence-electron chi connectivity index (χ3n) is 5.52. The minimum absolute atomic E-state index is 0.0681. The van der Waals surface area contributed by atoms with Gasteiger partial charge in [-0.3, -0.25) is 18.6 Å². The third kappa shape index (κ3) is 3.88. The molecular weight excluding hydrogens is 458 g/mol. The Morgan fingerprint density at radius 2 is 1.71 bits per heavy atom. The molecule has 0 radical (unpaired) electrons. The smallest absolute Gasteiger partial charge is 0.263 e. The Morgan fingerprint density at radius 1 is 0.971 bits per heavy atom. The first-order valence-electron chi connectivity index (χ1n) is 10.5. The predicted molar refractivity (Wildman–Crippen MR) is 126 cm³/mol. The van der Waals surface area contributed by atoms with Crippen LogP contribution in [0.25, 0.3) is 16.7 Å². The molecule has 0 spiro atoms. The highest BCUT2D eigenvalue weighted by Gasteiger charge is 2.23. The number of Topliss-reactive ketones (excluding diaryl/α,β-unsaturated/α-hetero) is 1. The van der Waals surface area contributed by atoms with Crippen LogP contribution in [0, 0.1) is 11.6 Å². The maximum Gasteiger partial charge on any atom is 0.263 e. The summed E-state index contributed by atoms with van der Waals surface area (Å²) in [5.41, 5.74) is 1.42. The van der Waals surface area contributed by atoms with Crippen molar-refractivity contribution < 1.29 is 13.6 Å². The van der Waals surface area contributed by atoms with Gasteiger partial charge in [0.05, 0.1) is 22.7 Å². The van der Waals surface area contributed by atoms with E-state index in [9.17, 15) is 18.4 Å². The molecule has 2 heterocycles. The molecule has 1 unspecified atom stereocenters. The molecule has 2 aromatic heterocycles. The summed E-state index contributed by atoms with van der Waals surface area (Å²) < 4.78 is 30.2. The van der Waals surface area contributed by atoms with Crippen LogP contribution in [0.15, 0.2) is 82.7 Å². The van der Waals surface area contributed by atoms with Gasteiger partial charge in [0.25, 0.3) is 5.56 Å². The SMILES string of the molecule is CC(Sc1nnc2n(Cc3ccccc3)c(=O)c3ccccc3n12)C(=O)c1ccc(F)c(F)c1. The van der Waals surface area contributed by atoms with Gasteiger partial charge in [-0.15, -0.1) is 10.2 Å². The van der Waals surface area contributed by atoms with Crippen molar-refractivity contribution in [1.29, 1.82) is 0 Å². The van der Waals surface area contributed by atoms with Gasteiger partial charge in [-0.25, -0.2) is 8.78 Å². The van der Waals surface area contributed by atoms with E-state index in [1.165, 1.54) is 6.07 Å². The molecule has 0 bridgehead atoms. The molecule has 9 heteroatoms. The monoisotopic (exact) mass is 476 g/mol. The first-order chi connectivity index (χ1) is 16.4. The van der Waals surface area contributed by atoms with E-state index in [0.717, 1.165) is 29.5 Å². The Hall–Kier alpha value is -3.85. The number of fused-ring (bicyclic) bond motifs is 3. The fraction of sp³-hybridized carbons (Fsp3) is 0.120. The summed E-state index contributed by atoms with van der Waals surface area (Å²) in [5, 5.41) is 8.78. The van der Waals surface area contributed by atoms with Crippen LogP contribution in [0.5, 0.6) is 0 Å².